The molecular weight excluding hydrogens is 520 g/mol. The number of unbranched alkanes of at least 4 members (excludes halogenated alkanes) is 1. The molecule has 10 heteroatoms. The summed E-state index contributed by atoms with van der Waals surface area (Å²) in [6, 6.07) is 12.9. The molecule has 4 heterocycles. The summed E-state index contributed by atoms with van der Waals surface area (Å²) in [6.07, 6.45) is 9.50. The number of ether oxygens (including phenoxy) is 1. The Morgan fingerprint density at radius 1 is 1.05 bits per heavy atom. The van der Waals surface area contributed by atoms with Gasteiger partial charge in [0.05, 0.1) is 11.8 Å². The third-order valence-corrected chi connectivity index (χ3v) is 6.25. The van der Waals surface area contributed by atoms with Crippen LogP contribution in [0.5, 0.6) is 5.88 Å². The van der Waals surface area contributed by atoms with Gasteiger partial charge in [0, 0.05) is 28.6 Å². The third kappa shape index (κ3) is 8.40. The molecule has 218 valence electrons. The second-order valence-corrected chi connectivity index (χ2v) is 9.36. The summed E-state index contributed by atoms with van der Waals surface area (Å²) in [5.41, 5.74) is 2.32. The number of pyridine rings is 1. The highest BCUT2D eigenvalue weighted by molar-refractivity contribution is 5.96. The van der Waals surface area contributed by atoms with Gasteiger partial charge in [-0.25, -0.2) is 0 Å². The van der Waals surface area contributed by atoms with Gasteiger partial charge in [-0.15, -0.1) is 15.3 Å². The molecule has 5 aromatic rings. The largest absolute Gasteiger partial charge is 0.470 e. The first-order valence-corrected chi connectivity index (χ1v) is 14.3. The maximum absolute atomic E-state index is 10.8. The van der Waals surface area contributed by atoms with E-state index in [1.807, 2.05) is 38.1 Å². The van der Waals surface area contributed by atoms with Gasteiger partial charge in [0.25, 0.3) is 0 Å². The average molecular weight is 561 g/mol. The minimum absolute atomic E-state index is 0.0463. The summed E-state index contributed by atoms with van der Waals surface area (Å²) in [6.45, 7) is 10.4. The third-order valence-electron chi connectivity index (χ3n) is 6.25. The van der Waals surface area contributed by atoms with Crippen LogP contribution in [0.15, 0.2) is 53.2 Å². The Hall–Kier alpha value is -4.18. The number of hydrogen-bond donors (Lipinski definition) is 1. The van der Waals surface area contributed by atoms with Gasteiger partial charge >= 0.3 is 0 Å². The Labute approximate surface area is 240 Å². The summed E-state index contributed by atoms with van der Waals surface area (Å²) in [7, 11) is 0. The quantitative estimate of drug-likeness (QED) is 0.223. The molecule has 0 radical (unpaired) electrons. The van der Waals surface area contributed by atoms with Crippen LogP contribution in [0.25, 0.3) is 27.9 Å². The molecule has 0 atom stereocenters. The van der Waals surface area contributed by atoms with Gasteiger partial charge in [-0.2, -0.15) is 4.52 Å². The van der Waals surface area contributed by atoms with E-state index in [9.17, 15) is 4.79 Å². The van der Waals surface area contributed by atoms with Crippen molar-refractivity contribution in [2.24, 2.45) is 0 Å². The smallest absolute Gasteiger partial charge is 0.240 e. The van der Waals surface area contributed by atoms with Crippen LogP contribution in [0.2, 0.25) is 0 Å². The number of hydrogen-bond acceptors (Lipinski definition) is 9. The van der Waals surface area contributed by atoms with Crippen molar-refractivity contribution >= 4 is 22.7 Å². The Balaban J connectivity index is 0.000000326. The maximum atomic E-state index is 10.8. The molecule has 1 saturated carbocycles. The van der Waals surface area contributed by atoms with Crippen molar-refractivity contribution in [3.63, 3.8) is 0 Å². The zero-order chi connectivity index (χ0) is 29.6. The second-order valence-electron chi connectivity index (χ2n) is 9.36. The van der Waals surface area contributed by atoms with Crippen LogP contribution in [0.4, 0.5) is 0 Å². The van der Waals surface area contributed by atoms with Gasteiger partial charge in [0.2, 0.25) is 11.7 Å². The van der Waals surface area contributed by atoms with Crippen LogP contribution in [0.1, 0.15) is 88.0 Å². The molecule has 1 N–H and O–H groups in total. The van der Waals surface area contributed by atoms with E-state index in [1.165, 1.54) is 31.9 Å². The first-order chi connectivity index (χ1) is 20.0. The van der Waals surface area contributed by atoms with Crippen molar-refractivity contribution in [2.45, 2.75) is 85.9 Å². The number of nitrogens with zero attached hydrogens (tertiary/aromatic N) is 6. The van der Waals surface area contributed by atoms with Crippen LogP contribution >= 0.6 is 0 Å². The predicted octanol–water partition coefficient (Wildman–Crippen LogP) is 6.78. The van der Waals surface area contributed by atoms with Crippen molar-refractivity contribution in [1.29, 1.82) is 0 Å². The first-order valence-electron chi connectivity index (χ1n) is 14.3. The van der Waals surface area contributed by atoms with E-state index in [2.05, 4.69) is 39.3 Å². The number of aliphatic hydroxyl groups is 1. The lowest BCUT2D eigenvalue weighted by molar-refractivity contribution is 0.112. The monoisotopic (exact) mass is 560 g/mol. The average Bonchev–Trinajstić information content (AvgIpc) is 3.79. The first kappa shape index (κ1) is 31.3. The number of aryl methyl sites for hydroxylation is 1. The minimum atomic E-state index is 0.0463. The van der Waals surface area contributed by atoms with Gasteiger partial charge in [0.1, 0.15) is 12.4 Å². The van der Waals surface area contributed by atoms with Crippen molar-refractivity contribution < 1.29 is 19.2 Å². The number of benzene rings is 1. The molecule has 0 aliphatic heterocycles. The summed E-state index contributed by atoms with van der Waals surface area (Å²) in [5, 5.41) is 27.5. The Morgan fingerprint density at radius 3 is 2.29 bits per heavy atom. The molecule has 0 saturated heterocycles. The van der Waals surface area contributed by atoms with Crippen LogP contribution in [-0.4, -0.2) is 47.4 Å². The van der Waals surface area contributed by atoms with Gasteiger partial charge < -0.3 is 14.4 Å². The fourth-order valence-electron chi connectivity index (χ4n) is 3.93. The van der Waals surface area contributed by atoms with Crippen LogP contribution < -0.4 is 4.74 Å². The Morgan fingerprint density at radius 2 is 1.76 bits per heavy atom. The highest BCUT2D eigenvalue weighted by atomic mass is 16.5. The fraction of sp³-hybridized carbons (Fsp3) is 0.419. The normalized spacial score (nSPS) is 12.5. The van der Waals surface area contributed by atoms with E-state index in [4.69, 9.17) is 14.4 Å². The van der Waals surface area contributed by atoms with Crippen molar-refractivity contribution in [3.8, 4) is 17.4 Å². The zero-order valence-corrected chi connectivity index (χ0v) is 24.6. The van der Waals surface area contributed by atoms with E-state index in [0.29, 0.717) is 40.1 Å². The van der Waals surface area contributed by atoms with Gasteiger partial charge in [0.15, 0.2) is 17.6 Å². The highest BCUT2D eigenvalue weighted by Crippen LogP contribution is 2.29. The lowest BCUT2D eigenvalue weighted by atomic mass is 10.2. The molecule has 1 aliphatic carbocycles. The number of fused-ring (bicyclic) bond motifs is 3. The number of carbonyl (C=O) groups excluding carboxylic acids is 1. The SMILES string of the molecule is CC.CCCC.Cc1cc(-c2nnc3c4ccccc4c(OCc4ccc(C=O)cn4)nn23)no1.OC1CCCC1. The van der Waals surface area contributed by atoms with Crippen molar-refractivity contribution in [2.75, 3.05) is 0 Å². The number of aliphatic hydroxyl groups excluding tert-OH is 1. The lowest BCUT2D eigenvalue weighted by Gasteiger charge is -2.09. The zero-order valence-electron chi connectivity index (χ0n) is 24.6. The molecular formula is C31H40N6O4. The standard InChI is InChI=1S/C20H14N6O3.C5H10O.C4H10.C2H6/c1-12-8-17(25-29-12)19-23-22-18-15-4-2-3-5-16(15)20(24-26(18)19)28-11-14-7-6-13(10-27)9-21-14;6-5-3-1-2-4-5;1-3-4-2;1-2/h2-10H,11H2,1H3;5-6H,1-4H2;3-4H2,1-2H3;1-2H3. The van der Waals surface area contributed by atoms with E-state index in [-0.39, 0.29) is 12.7 Å². The van der Waals surface area contributed by atoms with Gasteiger partial charge in [-0.3, -0.25) is 9.78 Å². The number of carbonyl (C=O) groups is 1. The molecule has 41 heavy (non-hydrogen) atoms. The van der Waals surface area contributed by atoms with Gasteiger partial charge in [-0.05, 0) is 38.0 Å². The number of rotatable bonds is 6. The van der Waals surface area contributed by atoms with E-state index < -0.39 is 0 Å². The number of aldehydes is 1. The van der Waals surface area contributed by atoms with Gasteiger partial charge in [-0.1, -0.05) is 76.7 Å². The molecule has 0 amide bonds. The Bertz CT molecular complexity index is 1490. The highest BCUT2D eigenvalue weighted by Gasteiger charge is 2.18. The molecule has 0 spiro atoms. The van der Waals surface area contributed by atoms with E-state index >= 15 is 0 Å². The minimum Gasteiger partial charge on any atom is -0.470 e. The fourth-order valence-corrected chi connectivity index (χ4v) is 3.93. The van der Waals surface area contributed by atoms with Crippen molar-refractivity contribution in [1.82, 2.24) is 30.0 Å². The lowest BCUT2D eigenvalue weighted by Crippen LogP contribution is -2.04. The Kier molecular flexibility index (Phi) is 12.4. The predicted molar refractivity (Wildman–Crippen MR) is 159 cm³/mol. The van der Waals surface area contributed by atoms with Crippen molar-refractivity contribution in [3.05, 3.63) is 65.7 Å². The summed E-state index contributed by atoms with van der Waals surface area (Å²) < 4.78 is 12.7. The molecule has 1 fully saturated rings. The molecule has 4 aromatic heterocycles. The molecule has 1 aliphatic rings. The molecule has 10 nitrogen and oxygen atoms in total. The van der Waals surface area contributed by atoms with Crippen LogP contribution in [0, 0.1) is 6.92 Å². The maximum Gasteiger partial charge on any atom is 0.240 e. The van der Waals surface area contributed by atoms with E-state index in [0.717, 1.165) is 29.9 Å². The number of aromatic nitrogens is 6. The second kappa shape index (κ2) is 16.2. The van der Waals surface area contributed by atoms with Crippen LogP contribution in [0.3, 0.4) is 0 Å². The molecule has 1 aromatic carbocycles. The van der Waals surface area contributed by atoms with Crippen LogP contribution in [-0.2, 0) is 6.61 Å². The molecule has 0 unspecified atom stereocenters. The summed E-state index contributed by atoms with van der Waals surface area (Å²) >= 11 is 0. The topological polar surface area (TPSA) is 129 Å². The molecule has 0 bridgehead atoms. The molecule has 6 rings (SSSR count). The van der Waals surface area contributed by atoms with E-state index in [1.54, 1.807) is 29.6 Å². The summed E-state index contributed by atoms with van der Waals surface area (Å²) in [5.74, 6) is 1.54. The summed E-state index contributed by atoms with van der Waals surface area (Å²) in [4.78, 5) is 15.0.